The van der Waals surface area contributed by atoms with Gasteiger partial charge in [0.1, 0.15) is 0 Å². The summed E-state index contributed by atoms with van der Waals surface area (Å²) in [7, 11) is 0. The van der Waals surface area contributed by atoms with Crippen molar-refractivity contribution in [3.05, 3.63) is 24.3 Å². The molecule has 1 fully saturated rings. The van der Waals surface area contributed by atoms with Crippen LogP contribution in [0.3, 0.4) is 0 Å². The van der Waals surface area contributed by atoms with Crippen LogP contribution in [0.4, 0.5) is 0 Å². The minimum Gasteiger partial charge on any atom is -0.0882 e. The Labute approximate surface area is 126 Å². The summed E-state index contributed by atoms with van der Waals surface area (Å²) in [5.74, 6) is 2.69. The lowest BCUT2D eigenvalue weighted by Crippen LogP contribution is -2.02. The second-order valence-electron chi connectivity index (χ2n) is 6.99. The quantitative estimate of drug-likeness (QED) is 0.291. The van der Waals surface area contributed by atoms with E-state index in [-0.39, 0.29) is 0 Å². The molecule has 3 unspecified atom stereocenters. The lowest BCUT2D eigenvalue weighted by atomic mass is 9.93. The van der Waals surface area contributed by atoms with Crippen molar-refractivity contribution in [2.24, 2.45) is 17.8 Å². The summed E-state index contributed by atoms with van der Waals surface area (Å²) in [6.45, 7) is 2.29. The largest absolute Gasteiger partial charge is 0.0882 e. The molecule has 0 heterocycles. The molecule has 0 aromatic carbocycles. The SMILES string of the molecule is CCCCCCCCCCCC=CC1CC2C=CC1C2. The number of rotatable bonds is 11. The molecule has 2 aliphatic carbocycles. The van der Waals surface area contributed by atoms with Crippen LogP contribution in [0.15, 0.2) is 24.3 Å². The average molecular weight is 274 g/mol. The monoisotopic (exact) mass is 274 g/mol. The maximum Gasteiger partial charge on any atom is -0.0165 e. The Balaban J connectivity index is 1.38. The van der Waals surface area contributed by atoms with Crippen molar-refractivity contribution >= 4 is 0 Å². The predicted molar refractivity (Wildman–Crippen MR) is 89.8 cm³/mol. The van der Waals surface area contributed by atoms with E-state index in [1.54, 1.807) is 0 Å². The number of hydrogen-bond acceptors (Lipinski definition) is 0. The van der Waals surface area contributed by atoms with Crippen LogP contribution < -0.4 is 0 Å². The maximum atomic E-state index is 2.53. The van der Waals surface area contributed by atoms with E-state index in [0.29, 0.717) is 0 Å². The van der Waals surface area contributed by atoms with Crippen LogP contribution in [0.1, 0.15) is 84.0 Å². The molecule has 114 valence electrons. The molecule has 0 amide bonds. The summed E-state index contributed by atoms with van der Waals surface area (Å²) in [5.41, 5.74) is 0. The standard InChI is InChI=1S/C20H34/c1-2-3-4-5-6-7-8-9-10-11-12-13-19-16-18-14-15-20(19)17-18/h12-15,18-20H,2-11,16-17H2,1H3. The fourth-order valence-electron chi connectivity index (χ4n) is 3.89. The topological polar surface area (TPSA) is 0 Å². The van der Waals surface area contributed by atoms with Crippen LogP contribution in [0.5, 0.6) is 0 Å². The predicted octanol–water partition coefficient (Wildman–Crippen LogP) is 6.68. The molecular weight excluding hydrogens is 240 g/mol. The lowest BCUT2D eigenvalue weighted by molar-refractivity contribution is 0.545. The van der Waals surface area contributed by atoms with Crippen molar-refractivity contribution in [1.29, 1.82) is 0 Å². The van der Waals surface area contributed by atoms with Crippen molar-refractivity contribution < 1.29 is 0 Å². The molecule has 0 heteroatoms. The zero-order valence-electron chi connectivity index (χ0n) is 13.5. The fourth-order valence-corrected chi connectivity index (χ4v) is 3.89. The third-order valence-corrected chi connectivity index (χ3v) is 5.19. The summed E-state index contributed by atoms with van der Waals surface area (Å²) in [5, 5.41) is 0. The van der Waals surface area contributed by atoms with Gasteiger partial charge in [0, 0.05) is 0 Å². The third-order valence-electron chi connectivity index (χ3n) is 5.19. The third kappa shape index (κ3) is 5.46. The maximum absolute atomic E-state index is 2.53. The zero-order valence-corrected chi connectivity index (χ0v) is 13.5. The second-order valence-corrected chi connectivity index (χ2v) is 6.99. The van der Waals surface area contributed by atoms with Crippen LogP contribution in [-0.2, 0) is 0 Å². The molecule has 0 radical (unpaired) electrons. The van der Waals surface area contributed by atoms with Gasteiger partial charge in [-0.05, 0) is 43.4 Å². The molecule has 0 aromatic rings. The summed E-state index contributed by atoms with van der Waals surface area (Å²) in [6, 6.07) is 0. The van der Waals surface area contributed by atoms with Gasteiger partial charge in [0.25, 0.3) is 0 Å². The van der Waals surface area contributed by atoms with Crippen molar-refractivity contribution in [2.75, 3.05) is 0 Å². The van der Waals surface area contributed by atoms with E-state index in [2.05, 4.69) is 31.2 Å². The Kier molecular flexibility index (Phi) is 7.47. The number of fused-ring (bicyclic) bond motifs is 2. The summed E-state index contributed by atoms with van der Waals surface area (Å²) >= 11 is 0. The highest BCUT2D eigenvalue weighted by atomic mass is 14.4. The van der Waals surface area contributed by atoms with Crippen molar-refractivity contribution in [1.82, 2.24) is 0 Å². The Morgan fingerprint density at radius 1 is 0.850 bits per heavy atom. The molecule has 0 nitrogen and oxygen atoms in total. The molecule has 2 aliphatic rings. The van der Waals surface area contributed by atoms with Crippen molar-refractivity contribution in [3.63, 3.8) is 0 Å². The van der Waals surface area contributed by atoms with Gasteiger partial charge in [0.15, 0.2) is 0 Å². The van der Waals surface area contributed by atoms with Gasteiger partial charge in [-0.3, -0.25) is 0 Å². The molecule has 2 rings (SSSR count). The first-order valence-electron chi connectivity index (χ1n) is 9.25. The molecule has 0 aliphatic heterocycles. The van der Waals surface area contributed by atoms with Crippen LogP contribution in [-0.4, -0.2) is 0 Å². The smallest absolute Gasteiger partial charge is 0.0165 e. The summed E-state index contributed by atoms with van der Waals surface area (Å²) in [4.78, 5) is 0. The lowest BCUT2D eigenvalue weighted by Gasteiger charge is -2.12. The molecular formula is C20H34. The van der Waals surface area contributed by atoms with E-state index in [9.17, 15) is 0 Å². The van der Waals surface area contributed by atoms with Gasteiger partial charge in [-0.2, -0.15) is 0 Å². The van der Waals surface area contributed by atoms with Crippen LogP contribution in [0, 0.1) is 17.8 Å². The number of unbranched alkanes of at least 4 members (excludes halogenated alkanes) is 9. The molecule has 0 spiro atoms. The van der Waals surface area contributed by atoms with Crippen molar-refractivity contribution in [2.45, 2.75) is 84.0 Å². The first-order chi connectivity index (χ1) is 9.90. The second kappa shape index (κ2) is 9.42. The minimum absolute atomic E-state index is 0.878. The molecule has 0 saturated heterocycles. The molecule has 2 bridgehead atoms. The van der Waals surface area contributed by atoms with Crippen LogP contribution in [0.2, 0.25) is 0 Å². The Hall–Kier alpha value is -0.520. The summed E-state index contributed by atoms with van der Waals surface area (Å²) < 4.78 is 0. The summed E-state index contributed by atoms with van der Waals surface area (Å²) in [6.07, 6.45) is 27.0. The van der Waals surface area contributed by atoms with Crippen LogP contribution >= 0.6 is 0 Å². The molecule has 0 aromatic heterocycles. The Bertz CT molecular complexity index is 299. The number of allylic oxidation sites excluding steroid dienone is 4. The first-order valence-corrected chi connectivity index (χ1v) is 9.25. The average Bonchev–Trinajstić information content (AvgIpc) is 3.07. The molecule has 1 saturated carbocycles. The van der Waals surface area contributed by atoms with E-state index in [1.807, 2.05) is 0 Å². The highest BCUT2D eigenvalue weighted by molar-refractivity contribution is 5.14. The number of hydrogen-bond donors (Lipinski definition) is 0. The highest BCUT2D eigenvalue weighted by Crippen LogP contribution is 2.43. The van der Waals surface area contributed by atoms with Gasteiger partial charge in [-0.25, -0.2) is 0 Å². The Morgan fingerprint density at radius 3 is 2.15 bits per heavy atom. The van der Waals surface area contributed by atoms with Crippen molar-refractivity contribution in [3.8, 4) is 0 Å². The van der Waals surface area contributed by atoms with E-state index in [4.69, 9.17) is 0 Å². The van der Waals surface area contributed by atoms with Gasteiger partial charge in [-0.15, -0.1) is 0 Å². The van der Waals surface area contributed by atoms with Crippen LogP contribution in [0.25, 0.3) is 0 Å². The fraction of sp³-hybridized carbons (Fsp3) is 0.800. The van der Waals surface area contributed by atoms with Gasteiger partial charge in [0.2, 0.25) is 0 Å². The van der Waals surface area contributed by atoms with Gasteiger partial charge >= 0.3 is 0 Å². The van der Waals surface area contributed by atoms with Gasteiger partial charge in [-0.1, -0.05) is 82.6 Å². The van der Waals surface area contributed by atoms with E-state index < -0.39 is 0 Å². The van der Waals surface area contributed by atoms with E-state index in [0.717, 1.165) is 17.8 Å². The molecule has 0 N–H and O–H groups in total. The van der Waals surface area contributed by atoms with E-state index in [1.165, 1.54) is 77.0 Å². The molecule has 3 atom stereocenters. The van der Waals surface area contributed by atoms with E-state index >= 15 is 0 Å². The molecule has 20 heavy (non-hydrogen) atoms. The minimum atomic E-state index is 0.878. The highest BCUT2D eigenvalue weighted by Gasteiger charge is 2.33. The van der Waals surface area contributed by atoms with Gasteiger partial charge in [0.05, 0.1) is 0 Å². The van der Waals surface area contributed by atoms with Gasteiger partial charge < -0.3 is 0 Å². The normalized spacial score (nSPS) is 27.9. The Morgan fingerprint density at radius 2 is 1.55 bits per heavy atom. The first kappa shape index (κ1) is 15.9. The zero-order chi connectivity index (χ0) is 14.0.